The van der Waals surface area contributed by atoms with Gasteiger partial charge in [0.25, 0.3) is 11.8 Å². The van der Waals surface area contributed by atoms with Gasteiger partial charge in [0.1, 0.15) is 11.4 Å². The number of para-hydroxylation sites is 1. The maximum Gasteiger partial charge on any atom is 0.278 e. The normalized spacial score (nSPS) is 14.1. The van der Waals surface area contributed by atoms with Gasteiger partial charge >= 0.3 is 0 Å². The zero-order valence-corrected chi connectivity index (χ0v) is 16.3. The largest absolute Gasteiger partial charge is 0.496 e. The van der Waals surface area contributed by atoms with Crippen LogP contribution in [0.1, 0.15) is 24.5 Å². The highest BCUT2D eigenvalue weighted by atomic mass is 35.5. The predicted octanol–water partition coefficient (Wildman–Crippen LogP) is 4.26. The summed E-state index contributed by atoms with van der Waals surface area (Å²) in [5.74, 6) is -0.134. The lowest BCUT2D eigenvalue weighted by atomic mass is 10.0. The van der Waals surface area contributed by atoms with Gasteiger partial charge in [-0.2, -0.15) is 0 Å². The number of hydrogen-bond acceptors (Lipinski definition) is 4. The van der Waals surface area contributed by atoms with E-state index in [4.69, 9.17) is 16.3 Å². The van der Waals surface area contributed by atoms with Crippen LogP contribution in [0, 0.1) is 6.92 Å². The summed E-state index contributed by atoms with van der Waals surface area (Å²) in [5, 5.41) is 3.73. The summed E-state index contributed by atoms with van der Waals surface area (Å²) < 4.78 is 5.41. The molecule has 0 unspecified atom stereocenters. The molecule has 0 saturated carbocycles. The Hall–Kier alpha value is -2.79. The first-order valence-corrected chi connectivity index (χ1v) is 9.13. The summed E-state index contributed by atoms with van der Waals surface area (Å²) >= 11 is 6.21. The third-order valence-corrected chi connectivity index (χ3v) is 4.93. The zero-order chi connectivity index (χ0) is 19.6. The monoisotopic (exact) mass is 384 g/mol. The number of carbonyl (C=O) groups is 2. The van der Waals surface area contributed by atoms with Crippen molar-refractivity contribution in [2.75, 3.05) is 19.0 Å². The number of benzene rings is 2. The number of anilines is 1. The number of hydrogen-bond donors (Lipinski definition) is 1. The number of nitrogens with zero attached hydrogens (tertiary/aromatic N) is 1. The van der Waals surface area contributed by atoms with Gasteiger partial charge in [-0.15, -0.1) is 0 Å². The molecule has 0 aromatic heterocycles. The molecule has 0 bridgehead atoms. The van der Waals surface area contributed by atoms with Crippen LogP contribution in [0.25, 0.3) is 5.57 Å². The van der Waals surface area contributed by atoms with Crippen molar-refractivity contribution in [1.82, 2.24) is 4.90 Å². The minimum atomic E-state index is -0.345. The standard InChI is InChI=1S/C21H21ClN2O3/c1-4-12-24-20(25)18(14-8-5-6-11-17(14)27-3)19(21(24)26)23-16-10-7-9-15(22)13(16)2/h5-11,23H,4,12H2,1-3H3. The SMILES string of the molecule is CCCN1C(=O)C(Nc2cccc(Cl)c2C)=C(c2ccccc2OC)C1=O. The van der Waals surface area contributed by atoms with Gasteiger partial charge in [0, 0.05) is 22.8 Å². The van der Waals surface area contributed by atoms with Gasteiger partial charge < -0.3 is 10.1 Å². The molecule has 1 heterocycles. The molecule has 6 heteroatoms. The Balaban J connectivity index is 2.16. The molecule has 27 heavy (non-hydrogen) atoms. The molecule has 1 aliphatic rings. The van der Waals surface area contributed by atoms with Crippen molar-refractivity contribution in [1.29, 1.82) is 0 Å². The smallest absolute Gasteiger partial charge is 0.278 e. The Morgan fingerprint density at radius 1 is 1.07 bits per heavy atom. The molecule has 0 saturated heterocycles. The van der Waals surface area contributed by atoms with E-state index in [9.17, 15) is 9.59 Å². The van der Waals surface area contributed by atoms with Crippen molar-refractivity contribution in [2.24, 2.45) is 0 Å². The van der Waals surface area contributed by atoms with Crippen molar-refractivity contribution < 1.29 is 14.3 Å². The van der Waals surface area contributed by atoms with Crippen molar-refractivity contribution in [2.45, 2.75) is 20.3 Å². The topological polar surface area (TPSA) is 58.6 Å². The number of amides is 2. The van der Waals surface area contributed by atoms with Gasteiger partial charge in [-0.1, -0.05) is 42.8 Å². The van der Waals surface area contributed by atoms with Crippen molar-refractivity contribution in [3.63, 3.8) is 0 Å². The van der Waals surface area contributed by atoms with Crippen LogP contribution < -0.4 is 10.1 Å². The second kappa shape index (κ2) is 7.84. The third kappa shape index (κ3) is 3.43. The number of carbonyl (C=O) groups excluding carboxylic acids is 2. The van der Waals surface area contributed by atoms with E-state index in [1.165, 1.54) is 4.90 Å². The molecule has 0 aliphatic carbocycles. The molecule has 2 amide bonds. The average Bonchev–Trinajstić information content (AvgIpc) is 2.90. The number of nitrogens with one attached hydrogen (secondary N) is 1. The molecule has 0 fully saturated rings. The fraction of sp³-hybridized carbons (Fsp3) is 0.238. The fourth-order valence-corrected chi connectivity index (χ4v) is 3.27. The van der Waals surface area contributed by atoms with E-state index in [0.29, 0.717) is 40.6 Å². The van der Waals surface area contributed by atoms with E-state index >= 15 is 0 Å². The van der Waals surface area contributed by atoms with Crippen LogP contribution in [0.2, 0.25) is 5.02 Å². The molecule has 0 spiro atoms. The third-order valence-electron chi connectivity index (χ3n) is 4.52. The van der Waals surface area contributed by atoms with Crippen LogP contribution in [-0.4, -0.2) is 30.4 Å². The summed E-state index contributed by atoms with van der Waals surface area (Å²) in [6.45, 7) is 4.14. The van der Waals surface area contributed by atoms with Gasteiger partial charge in [-0.25, -0.2) is 0 Å². The Kier molecular flexibility index (Phi) is 5.51. The maximum atomic E-state index is 13.1. The van der Waals surface area contributed by atoms with E-state index in [2.05, 4.69) is 5.32 Å². The number of methoxy groups -OCH3 is 1. The molecular formula is C21H21ClN2O3. The number of rotatable bonds is 6. The van der Waals surface area contributed by atoms with Gasteiger partial charge in [0.05, 0.1) is 12.7 Å². The van der Waals surface area contributed by atoms with Crippen LogP contribution in [-0.2, 0) is 9.59 Å². The molecule has 1 aliphatic heterocycles. The Bertz CT molecular complexity index is 937. The van der Waals surface area contributed by atoms with E-state index in [-0.39, 0.29) is 17.5 Å². The Morgan fingerprint density at radius 3 is 2.52 bits per heavy atom. The minimum absolute atomic E-state index is 0.239. The van der Waals surface area contributed by atoms with Crippen LogP contribution in [0.5, 0.6) is 5.75 Å². The van der Waals surface area contributed by atoms with E-state index < -0.39 is 0 Å². The van der Waals surface area contributed by atoms with Crippen LogP contribution in [0.4, 0.5) is 5.69 Å². The summed E-state index contributed by atoms with van der Waals surface area (Å²) in [5.41, 5.74) is 2.62. The molecule has 2 aromatic carbocycles. The van der Waals surface area contributed by atoms with Crippen LogP contribution in [0.3, 0.4) is 0 Å². The molecular weight excluding hydrogens is 364 g/mol. The first-order chi connectivity index (χ1) is 13.0. The Labute approximate surface area is 163 Å². The maximum absolute atomic E-state index is 13.1. The zero-order valence-electron chi connectivity index (χ0n) is 15.5. The highest BCUT2D eigenvalue weighted by Crippen LogP contribution is 2.36. The van der Waals surface area contributed by atoms with Gasteiger partial charge in [0.2, 0.25) is 0 Å². The second-order valence-corrected chi connectivity index (χ2v) is 6.66. The predicted molar refractivity (Wildman–Crippen MR) is 107 cm³/mol. The number of ether oxygens (including phenoxy) is 1. The summed E-state index contributed by atoms with van der Waals surface area (Å²) in [4.78, 5) is 27.3. The Morgan fingerprint density at radius 2 is 1.81 bits per heavy atom. The number of halogens is 1. The summed E-state index contributed by atoms with van der Waals surface area (Å²) in [6, 6.07) is 12.6. The van der Waals surface area contributed by atoms with Gasteiger partial charge in [-0.05, 0) is 37.1 Å². The van der Waals surface area contributed by atoms with Crippen LogP contribution >= 0.6 is 11.6 Å². The first-order valence-electron chi connectivity index (χ1n) is 8.75. The highest BCUT2D eigenvalue weighted by Gasteiger charge is 2.39. The quantitative estimate of drug-likeness (QED) is 0.756. The van der Waals surface area contributed by atoms with Crippen molar-refractivity contribution in [3.05, 3.63) is 64.3 Å². The lowest BCUT2D eigenvalue weighted by Gasteiger charge is -2.14. The first kappa shape index (κ1) is 19.0. The van der Waals surface area contributed by atoms with E-state index in [1.807, 2.05) is 32.0 Å². The van der Waals surface area contributed by atoms with Gasteiger partial charge in [0.15, 0.2) is 0 Å². The van der Waals surface area contributed by atoms with Crippen molar-refractivity contribution in [3.8, 4) is 5.75 Å². The summed E-state index contributed by atoms with van der Waals surface area (Å²) in [7, 11) is 1.54. The molecule has 140 valence electrons. The lowest BCUT2D eigenvalue weighted by Crippen LogP contribution is -2.33. The molecule has 0 atom stereocenters. The molecule has 3 rings (SSSR count). The van der Waals surface area contributed by atoms with Crippen LogP contribution in [0.15, 0.2) is 48.2 Å². The molecule has 1 N–H and O–H groups in total. The highest BCUT2D eigenvalue weighted by molar-refractivity contribution is 6.37. The second-order valence-electron chi connectivity index (χ2n) is 6.25. The van der Waals surface area contributed by atoms with E-state index in [0.717, 1.165) is 5.56 Å². The average molecular weight is 385 g/mol. The summed E-state index contributed by atoms with van der Waals surface area (Å²) in [6.07, 6.45) is 0.681. The lowest BCUT2D eigenvalue weighted by molar-refractivity contribution is -0.136. The molecule has 0 radical (unpaired) electrons. The number of imide groups is 1. The van der Waals surface area contributed by atoms with E-state index in [1.54, 1.807) is 31.4 Å². The molecule has 2 aromatic rings. The fourth-order valence-electron chi connectivity index (χ4n) is 3.10. The minimum Gasteiger partial charge on any atom is -0.496 e. The van der Waals surface area contributed by atoms with Gasteiger partial charge in [-0.3, -0.25) is 14.5 Å². The van der Waals surface area contributed by atoms with Crippen molar-refractivity contribution >= 4 is 34.7 Å². The molecule has 5 nitrogen and oxygen atoms in total.